The minimum absolute atomic E-state index is 0.116. The van der Waals surface area contributed by atoms with Crippen LogP contribution < -0.4 is 4.90 Å². The molecule has 2 heteroatoms. The molecule has 0 atom stereocenters. The highest BCUT2D eigenvalue weighted by Gasteiger charge is 2.46. The van der Waals surface area contributed by atoms with E-state index in [0.29, 0.717) is 0 Å². The Labute approximate surface area is 413 Å². The molecule has 0 bridgehead atoms. The first-order chi connectivity index (χ1) is 34.5. The van der Waals surface area contributed by atoms with Crippen molar-refractivity contribution in [3.63, 3.8) is 0 Å². The zero-order valence-electron chi connectivity index (χ0n) is 39.0. The van der Waals surface area contributed by atoms with Crippen molar-refractivity contribution < 1.29 is 0 Å². The Morgan fingerprint density at radius 3 is 1.70 bits per heavy atom. The van der Waals surface area contributed by atoms with E-state index >= 15 is 0 Å². The fourth-order valence-electron chi connectivity index (χ4n) is 12.3. The van der Waals surface area contributed by atoms with Crippen LogP contribution in [0.4, 0.5) is 17.1 Å². The van der Waals surface area contributed by atoms with Gasteiger partial charge in [0.2, 0.25) is 0 Å². The van der Waals surface area contributed by atoms with Crippen molar-refractivity contribution in [3.05, 3.63) is 282 Å². The van der Waals surface area contributed by atoms with E-state index < -0.39 is 5.41 Å². The molecule has 2 aliphatic carbocycles. The van der Waals surface area contributed by atoms with Crippen molar-refractivity contribution in [2.75, 3.05) is 4.90 Å². The molecule has 0 aliphatic heterocycles. The average molecular weight is 910 g/mol. The van der Waals surface area contributed by atoms with Gasteiger partial charge in [0.1, 0.15) is 0 Å². The third kappa shape index (κ3) is 5.90. The Hall–Kier alpha value is -8.30. The fraction of sp³-hybridized carbons (Fsp3) is 0.0588. The van der Waals surface area contributed by atoms with Crippen LogP contribution in [0, 0.1) is 0 Å². The van der Waals surface area contributed by atoms with Gasteiger partial charge in [-0.25, -0.2) is 0 Å². The lowest BCUT2D eigenvalue weighted by atomic mass is 9.67. The highest BCUT2D eigenvalue weighted by atomic mass is 32.1. The zero-order chi connectivity index (χ0) is 46.6. The predicted octanol–water partition coefficient (Wildman–Crippen LogP) is 18.7. The summed E-state index contributed by atoms with van der Waals surface area (Å²) in [7, 11) is 0. The van der Waals surface area contributed by atoms with E-state index in [1.807, 2.05) is 11.3 Å². The molecule has 0 saturated carbocycles. The van der Waals surface area contributed by atoms with Gasteiger partial charge < -0.3 is 4.90 Å². The van der Waals surface area contributed by atoms with Crippen LogP contribution in [0.3, 0.4) is 0 Å². The number of rotatable bonds is 7. The van der Waals surface area contributed by atoms with Crippen LogP contribution in [-0.2, 0) is 10.8 Å². The summed E-state index contributed by atoms with van der Waals surface area (Å²) < 4.78 is 2.59. The smallest absolute Gasteiger partial charge is 0.0713 e. The Bertz CT molecular complexity index is 4010. The average Bonchev–Trinajstić information content (AvgIpc) is 4.03. The summed E-state index contributed by atoms with van der Waals surface area (Å²) in [4.78, 5) is 2.53. The summed E-state index contributed by atoms with van der Waals surface area (Å²) in [6.07, 6.45) is 0. The predicted molar refractivity (Wildman–Crippen MR) is 297 cm³/mol. The Balaban J connectivity index is 0.975. The molecular formula is C68H47NS. The van der Waals surface area contributed by atoms with Gasteiger partial charge in [-0.1, -0.05) is 226 Å². The Morgan fingerprint density at radius 1 is 0.329 bits per heavy atom. The molecule has 0 amide bonds. The molecule has 330 valence electrons. The highest BCUT2D eigenvalue weighted by molar-refractivity contribution is 7.27. The number of fused-ring (bicyclic) bond motifs is 11. The second-order valence-electron chi connectivity index (χ2n) is 19.5. The minimum atomic E-state index is -0.445. The maximum absolute atomic E-state index is 2.53. The zero-order valence-corrected chi connectivity index (χ0v) is 39.8. The van der Waals surface area contributed by atoms with E-state index in [-0.39, 0.29) is 5.41 Å². The molecule has 0 N–H and O–H groups in total. The Morgan fingerprint density at radius 2 is 0.900 bits per heavy atom. The number of hydrogen-bond donors (Lipinski definition) is 0. The van der Waals surface area contributed by atoms with Gasteiger partial charge in [0, 0.05) is 32.1 Å². The molecule has 0 saturated heterocycles. The normalized spacial score (nSPS) is 13.8. The van der Waals surface area contributed by atoms with E-state index in [1.165, 1.54) is 115 Å². The molecule has 12 aromatic rings. The number of anilines is 3. The van der Waals surface area contributed by atoms with E-state index in [0.717, 1.165) is 11.4 Å². The fourth-order valence-corrected chi connectivity index (χ4v) is 13.7. The lowest BCUT2D eigenvalue weighted by Crippen LogP contribution is -2.28. The maximum Gasteiger partial charge on any atom is 0.0713 e. The van der Waals surface area contributed by atoms with E-state index in [4.69, 9.17) is 0 Å². The molecule has 0 spiro atoms. The molecule has 0 fully saturated rings. The molecule has 14 rings (SSSR count). The number of hydrogen-bond acceptors (Lipinski definition) is 2. The third-order valence-corrected chi connectivity index (χ3v) is 16.8. The van der Waals surface area contributed by atoms with E-state index in [9.17, 15) is 0 Å². The van der Waals surface area contributed by atoms with Crippen LogP contribution in [0.1, 0.15) is 47.2 Å². The van der Waals surface area contributed by atoms with E-state index in [1.54, 1.807) is 0 Å². The SMILES string of the molecule is CC1(C)c2ccccc2-c2ccc(-c3ccccc3N(c3cccc(-c4ccc5c(c4)-c4ccccc4C5(c4ccccc4)c4ccccc4)c3)c3cccc4c3sc3c5ccccc5ccc43)cc21. The molecular weight excluding hydrogens is 863 g/mol. The molecule has 11 aromatic carbocycles. The number of para-hydroxylation sites is 1. The van der Waals surface area contributed by atoms with Crippen molar-refractivity contribution in [1.82, 2.24) is 0 Å². The summed E-state index contributed by atoms with van der Waals surface area (Å²) in [5.74, 6) is 0. The van der Waals surface area contributed by atoms with Gasteiger partial charge >= 0.3 is 0 Å². The number of nitrogens with zero attached hydrogens (tertiary/aromatic N) is 1. The van der Waals surface area contributed by atoms with Crippen molar-refractivity contribution in [3.8, 4) is 44.5 Å². The van der Waals surface area contributed by atoms with Crippen LogP contribution >= 0.6 is 11.3 Å². The van der Waals surface area contributed by atoms with Crippen molar-refractivity contribution >= 4 is 59.3 Å². The van der Waals surface area contributed by atoms with Crippen LogP contribution in [0.15, 0.2) is 249 Å². The van der Waals surface area contributed by atoms with Crippen molar-refractivity contribution in [2.45, 2.75) is 24.7 Å². The summed E-state index contributed by atoms with van der Waals surface area (Å²) in [6.45, 7) is 4.75. The lowest BCUT2D eigenvalue weighted by Gasteiger charge is -2.33. The van der Waals surface area contributed by atoms with Crippen molar-refractivity contribution in [1.29, 1.82) is 0 Å². The van der Waals surface area contributed by atoms with Crippen LogP contribution in [-0.4, -0.2) is 0 Å². The maximum atomic E-state index is 2.53. The first kappa shape index (κ1) is 40.7. The van der Waals surface area contributed by atoms with Gasteiger partial charge in [0.15, 0.2) is 0 Å². The largest absolute Gasteiger partial charge is 0.308 e. The quantitative estimate of drug-likeness (QED) is 0.154. The summed E-state index contributed by atoms with van der Waals surface area (Å²) in [5, 5.41) is 5.13. The summed E-state index contributed by atoms with van der Waals surface area (Å²) >= 11 is 1.91. The Kier molecular flexibility index (Phi) is 9.09. The van der Waals surface area contributed by atoms with Gasteiger partial charge in [0.05, 0.1) is 21.5 Å². The third-order valence-electron chi connectivity index (χ3n) is 15.5. The number of benzene rings is 11. The minimum Gasteiger partial charge on any atom is -0.308 e. The van der Waals surface area contributed by atoms with Crippen molar-refractivity contribution in [2.24, 2.45) is 0 Å². The summed E-state index contributed by atoms with van der Waals surface area (Å²) in [6, 6.07) is 93.0. The topological polar surface area (TPSA) is 3.24 Å². The van der Waals surface area contributed by atoms with E-state index in [2.05, 4.69) is 267 Å². The highest BCUT2D eigenvalue weighted by Crippen LogP contribution is 2.57. The summed E-state index contributed by atoms with van der Waals surface area (Å²) in [5.41, 5.74) is 20.8. The second-order valence-corrected chi connectivity index (χ2v) is 20.6. The standard InChI is InChI=1S/C68H47NS/c1-67(2)59-31-14-11-28-53(59)55-38-36-47(43-62(55)67)51-26-13-16-33-63(51)69(64-34-18-30-56-57-39-35-44-19-9-10-27-52(44)65(57)70-66(56)64)50-25-17-20-45(41-50)46-37-40-61-58(42-46)54-29-12-15-32-60(54)68(61,48-21-5-3-6-22-48)49-23-7-4-8-24-49/h3-43H,1-2H3. The van der Waals surface area contributed by atoms with Crippen LogP contribution in [0.5, 0.6) is 0 Å². The van der Waals surface area contributed by atoms with Gasteiger partial charge in [-0.15, -0.1) is 11.3 Å². The molecule has 1 aromatic heterocycles. The van der Waals surface area contributed by atoms with Gasteiger partial charge in [-0.2, -0.15) is 0 Å². The van der Waals surface area contributed by atoms with Gasteiger partial charge in [-0.05, 0) is 119 Å². The molecule has 2 aliphatic rings. The molecule has 0 unspecified atom stereocenters. The van der Waals surface area contributed by atoms with Gasteiger partial charge in [0.25, 0.3) is 0 Å². The molecule has 0 radical (unpaired) electrons. The van der Waals surface area contributed by atoms with Crippen LogP contribution in [0.2, 0.25) is 0 Å². The lowest BCUT2D eigenvalue weighted by molar-refractivity contribution is 0.660. The molecule has 1 nitrogen and oxygen atoms in total. The first-order valence-electron chi connectivity index (χ1n) is 24.4. The molecule has 70 heavy (non-hydrogen) atoms. The van der Waals surface area contributed by atoms with Crippen LogP contribution in [0.25, 0.3) is 75.5 Å². The van der Waals surface area contributed by atoms with Gasteiger partial charge in [-0.3, -0.25) is 0 Å². The first-order valence-corrected chi connectivity index (χ1v) is 25.2. The monoisotopic (exact) mass is 909 g/mol. The molecule has 1 heterocycles. The number of thiophene rings is 1. The second kappa shape index (κ2) is 15.6.